The van der Waals surface area contributed by atoms with Crippen molar-refractivity contribution in [2.24, 2.45) is 0 Å². The first-order valence-electron chi connectivity index (χ1n) is 8.80. The molecule has 2 aliphatic heterocycles. The first-order chi connectivity index (χ1) is 11.9. The van der Waals surface area contributed by atoms with Gasteiger partial charge in [-0.15, -0.1) is 0 Å². The van der Waals surface area contributed by atoms with Crippen molar-refractivity contribution in [2.75, 3.05) is 12.3 Å². The molecular weight excluding hydrogens is 307 g/mol. The highest BCUT2D eigenvalue weighted by atomic mass is 31.1. The van der Waals surface area contributed by atoms with E-state index in [0.29, 0.717) is 5.16 Å². The van der Waals surface area contributed by atoms with Crippen LogP contribution < -0.4 is 0 Å². The van der Waals surface area contributed by atoms with Gasteiger partial charge in [-0.25, -0.2) is 0 Å². The lowest BCUT2D eigenvalue weighted by molar-refractivity contribution is 0.432. The molecule has 0 radical (unpaired) electrons. The Labute approximate surface area is 145 Å². The Balaban J connectivity index is 1.79. The fraction of sp³-hybridized carbons (Fsp3) is 0.217. The van der Waals surface area contributed by atoms with Gasteiger partial charge in [0, 0.05) is 10.6 Å². The van der Waals surface area contributed by atoms with E-state index in [4.69, 9.17) is 0 Å². The predicted octanol–water partition coefficient (Wildman–Crippen LogP) is 5.77. The second kappa shape index (κ2) is 5.30. The molecule has 118 valence electrons. The molecule has 0 amide bonds. The van der Waals surface area contributed by atoms with E-state index in [9.17, 15) is 0 Å². The van der Waals surface area contributed by atoms with Crippen LogP contribution in [0.1, 0.15) is 23.1 Å². The number of hydrogen-bond donors (Lipinski definition) is 0. The van der Waals surface area contributed by atoms with Crippen molar-refractivity contribution in [3.63, 3.8) is 0 Å². The molecule has 2 heterocycles. The molecule has 1 heteroatoms. The van der Waals surface area contributed by atoms with Gasteiger partial charge in [-0.2, -0.15) is 0 Å². The molecule has 2 fully saturated rings. The van der Waals surface area contributed by atoms with Crippen LogP contribution in [0.4, 0.5) is 0 Å². The van der Waals surface area contributed by atoms with E-state index in [1.165, 1.54) is 29.9 Å². The second-order valence-electron chi connectivity index (χ2n) is 7.04. The Hall–Kier alpha value is -1.91. The van der Waals surface area contributed by atoms with Gasteiger partial charge in [-0.1, -0.05) is 98.9 Å². The normalized spacial score (nSPS) is 26.8. The van der Waals surface area contributed by atoms with E-state index in [0.717, 1.165) is 0 Å². The molecule has 2 atom stereocenters. The van der Waals surface area contributed by atoms with Crippen molar-refractivity contribution >= 4 is 7.92 Å². The standard InChI is InChI=1S/C23H21P/c1-4-10-19(11-5-1)22(20-12-6-2-7-13-20)16-17-24-18-23(22,24)21-14-8-3-9-15-21/h1-15H,16-18H2. The summed E-state index contributed by atoms with van der Waals surface area (Å²) < 4.78 is 0. The molecule has 3 aromatic rings. The van der Waals surface area contributed by atoms with Crippen LogP contribution in [0.25, 0.3) is 0 Å². The summed E-state index contributed by atoms with van der Waals surface area (Å²) in [6.45, 7) is 0. The van der Waals surface area contributed by atoms with Crippen LogP contribution in [-0.2, 0) is 10.6 Å². The maximum atomic E-state index is 2.37. The summed E-state index contributed by atoms with van der Waals surface area (Å²) in [5.74, 6) is 0. The van der Waals surface area contributed by atoms with Crippen molar-refractivity contribution < 1.29 is 0 Å². The van der Waals surface area contributed by atoms with E-state index in [1.54, 1.807) is 5.56 Å². The molecule has 2 unspecified atom stereocenters. The summed E-state index contributed by atoms with van der Waals surface area (Å²) in [6.07, 6.45) is 4.06. The summed E-state index contributed by atoms with van der Waals surface area (Å²) >= 11 is 0. The first kappa shape index (κ1) is 14.4. The number of benzene rings is 3. The van der Waals surface area contributed by atoms with Gasteiger partial charge >= 0.3 is 0 Å². The lowest BCUT2D eigenvalue weighted by atomic mass is 9.63. The van der Waals surface area contributed by atoms with Crippen molar-refractivity contribution in [2.45, 2.75) is 17.0 Å². The summed E-state index contributed by atoms with van der Waals surface area (Å²) in [7, 11) is 0.106. The van der Waals surface area contributed by atoms with Gasteiger partial charge < -0.3 is 0 Å². The lowest BCUT2D eigenvalue weighted by Crippen LogP contribution is -2.39. The van der Waals surface area contributed by atoms with Crippen LogP contribution in [0.2, 0.25) is 0 Å². The van der Waals surface area contributed by atoms with Crippen LogP contribution in [0, 0.1) is 0 Å². The van der Waals surface area contributed by atoms with Crippen LogP contribution in [0.3, 0.4) is 0 Å². The Morgan fingerprint density at radius 3 is 1.50 bits per heavy atom. The maximum absolute atomic E-state index is 2.37. The quantitative estimate of drug-likeness (QED) is 0.536. The number of fused-ring (bicyclic) bond motifs is 1. The summed E-state index contributed by atoms with van der Waals surface area (Å²) in [6, 6.07) is 33.9. The first-order valence-corrected chi connectivity index (χ1v) is 10.5. The molecule has 24 heavy (non-hydrogen) atoms. The van der Waals surface area contributed by atoms with Gasteiger partial charge in [-0.05, 0) is 35.4 Å². The van der Waals surface area contributed by atoms with Crippen LogP contribution >= 0.6 is 7.92 Å². The SMILES string of the molecule is c1ccc(C2(c3ccccc3)CCP3CC32c2ccccc2)cc1. The smallest absolute Gasteiger partial charge is 0.0345 e. The number of hydrogen-bond acceptors (Lipinski definition) is 0. The molecule has 3 aromatic carbocycles. The van der Waals surface area contributed by atoms with Crippen LogP contribution in [0.15, 0.2) is 91.0 Å². The Morgan fingerprint density at radius 2 is 1.04 bits per heavy atom. The predicted molar refractivity (Wildman–Crippen MR) is 103 cm³/mol. The molecule has 0 aliphatic carbocycles. The Kier molecular flexibility index (Phi) is 3.19. The molecule has 2 aliphatic rings. The highest BCUT2D eigenvalue weighted by molar-refractivity contribution is 7.67. The van der Waals surface area contributed by atoms with Crippen LogP contribution in [-0.4, -0.2) is 12.3 Å². The minimum absolute atomic E-state index is 0.106. The molecule has 2 saturated heterocycles. The molecule has 0 aromatic heterocycles. The van der Waals surface area contributed by atoms with E-state index >= 15 is 0 Å². The fourth-order valence-corrected chi connectivity index (χ4v) is 8.84. The zero-order chi connectivity index (χ0) is 16.0. The Morgan fingerprint density at radius 1 is 0.583 bits per heavy atom. The van der Waals surface area contributed by atoms with E-state index in [-0.39, 0.29) is 13.3 Å². The molecule has 0 nitrogen and oxygen atoms in total. The van der Waals surface area contributed by atoms with Crippen molar-refractivity contribution in [3.8, 4) is 0 Å². The maximum Gasteiger partial charge on any atom is 0.0345 e. The van der Waals surface area contributed by atoms with Gasteiger partial charge in [-0.3, -0.25) is 0 Å². The Bertz CT molecular complexity index is 801. The monoisotopic (exact) mass is 328 g/mol. The van der Waals surface area contributed by atoms with Gasteiger partial charge in [0.25, 0.3) is 0 Å². The van der Waals surface area contributed by atoms with E-state index < -0.39 is 0 Å². The highest BCUT2D eigenvalue weighted by Gasteiger charge is 2.71. The molecule has 5 rings (SSSR count). The molecular formula is C23H21P. The third kappa shape index (κ3) is 1.78. The van der Waals surface area contributed by atoms with Gasteiger partial charge in [0.1, 0.15) is 0 Å². The topological polar surface area (TPSA) is 0 Å². The van der Waals surface area contributed by atoms with Crippen molar-refractivity contribution in [3.05, 3.63) is 108 Å². The zero-order valence-corrected chi connectivity index (χ0v) is 14.6. The average Bonchev–Trinajstić information content (AvgIpc) is 3.32. The van der Waals surface area contributed by atoms with E-state index in [2.05, 4.69) is 91.0 Å². The lowest BCUT2D eigenvalue weighted by Gasteiger charge is -2.40. The summed E-state index contributed by atoms with van der Waals surface area (Å²) in [5, 5.41) is 0.340. The minimum atomic E-state index is 0.106. The molecule has 0 N–H and O–H groups in total. The van der Waals surface area contributed by atoms with Crippen molar-refractivity contribution in [1.82, 2.24) is 0 Å². The van der Waals surface area contributed by atoms with Crippen LogP contribution in [0.5, 0.6) is 0 Å². The van der Waals surface area contributed by atoms with Crippen molar-refractivity contribution in [1.29, 1.82) is 0 Å². The van der Waals surface area contributed by atoms with Gasteiger partial charge in [0.15, 0.2) is 0 Å². The van der Waals surface area contributed by atoms with Gasteiger partial charge in [0.2, 0.25) is 0 Å². The van der Waals surface area contributed by atoms with E-state index in [1.807, 2.05) is 0 Å². The summed E-state index contributed by atoms with van der Waals surface area (Å²) in [4.78, 5) is 0. The highest BCUT2D eigenvalue weighted by Crippen LogP contribution is 2.87. The fourth-order valence-electron chi connectivity index (χ4n) is 5.04. The minimum Gasteiger partial charge on any atom is -0.0928 e. The number of rotatable bonds is 3. The summed E-state index contributed by atoms with van der Waals surface area (Å²) in [5.41, 5.74) is 4.70. The molecule has 0 bridgehead atoms. The average molecular weight is 328 g/mol. The second-order valence-corrected chi connectivity index (χ2v) is 9.64. The van der Waals surface area contributed by atoms with Gasteiger partial charge in [0.05, 0.1) is 0 Å². The molecule has 0 saturated carbocycles. The largest absolute Gasteiger partial charge is 0.0928 e. The third-order valence-corrected chi connectivity index (χ3v) is 9.22. The third-order valence-electron chi connectivity index (χ3n) is 6.10. The zero-order valence-electron chi connectivity index (χ0n) is 13.7. The molecule has 0 spiro atoms.